The van der Waals surface area contributed by atoms with Crippen molar-refractivity contribution < 1.29 is 4.79 Å². The Kier molecular flexibility index (Phi) is 2.43. The van der Waals surface area contributed by atoms with Gasteiger partial charge in [-0.2, -0.15) is 0 Å². The Hall–Kier alpha value is -0.570. The lowest BCUT2D eigenvalue weighted by atomic mass is 9.80. The summed E-state index contributed by atoms with van der Waals surface area (Å²) in [5.41, 5.74) is 0. The van der Waals surface area contributed by atoms with Crippen molar-refractivity contribution in [3.8, 4) is 0 Å². The minimum atomic E-state index is 0.299. The molecule has 84 valence electrons. The predicted octanol–water partition coefficient (Wildman–Crippen LogP) is 1.49. The first-order valence-electron chi connectivity index (χ1n) is 6.43. The van der Waals surface area contributed by atoms with Crippen molar-refractivity contribution in [3.63, 3.8) is 0 Å². The van der Waals surface area contributed by atoms with Crippen LogP contribution in [0.3, 0.4) is 0 Å². The van der Waals surface area contributed by atoms with E-state index >= 15 is 0 Å². The Labute approximate surface area is 91.2 Å². The number of rotatable bonds is 0. The lowest BCUT2D eigenvalue weighted by molar-refractivity contribution is -0.148. The Morgan fingerprint density at radius 3 is 2.80 bits per heavy atom. The fourth-order valence-electron chi connectivity index (χ4n) is 3.45. The first kappa shape index (κ1) is 9.64. The summed E-state index contributed by atoms with van der Waals surface area (Å²) in [4.78, 5) is 14.4. The highest BCUT2D eigenvalue weighted by Gasteiger charge is 2.42. The zero-order valence-corrected chi connectivity index (χ0v) is 9.24. The lowest BCUT2D eigenvalue weighted by Crippen LogP contribution is -2.64. The van der Waals surface area contributed by atoms with E-state index in [1.165, 1.54) is 32.1 Å². The van der Waals surface area contributed by atoms with Crippen molar-refractivity contribution in [1.29, 1.82) is 0 Å². The highest BCUT2D eigenvalue weighted by Crippen LogP contribution is 2.32. The molecule has 3 aliphatic rings. The van der Waals surface area contributed by atoms with Crippen LogP contribution in [0.4, 0.5) is 0 Å². The molecule has 0 aromatic rings. The van der Waals surface area contributed by atoms with Crippen LogP contribution in [0.2, 0.25) is 0 Å². The number of carbonyl (C=O) groups is 1. The molecule has 0 bridgehead atoms. The van der Waals surface area contributed by atoms with Crippen molar-refractivity contribution in [3.05, 3.63) is 0 Å². The molecule has 3 heteroatoms. The summed E-state index contributed by atoms with van der Waals surface area (Å²) in [6, 6.07) is 0.491. The van der Waals surface area contributed by atoms with Gasteiger partial charge in [0, 0.05) is 12.6 Å². The van der Waals surface area contributed by atoms with Gasteiger partial charge in [0.05, 0.1) is 12.1 Å². The standard InChI is InChI=1S/C12H20N2O/c15-12-9-5-1-2-6-10(9)13-11-7-3-4-8-14(11)12/h9-11,13H,1-8H2/t9-,10-,11-/m1/s1. The van der Waals surface area contributed by atoms with Gasteiger partial charge >= 0.3 is 0 Å². The highest BCUT2D eigenvalue weighted by atomic mass is 16.2. The maximum Gasteiger partial charge on any atom is 0.228 e. The molecule has 2 heterocycles. The summed E-state index contributed by atoms with van der Waals surface area (Å²) < 4.78 is 0. The second-order valence-corrected chi connectivity index (χ2v) is 5.21. The SMILES string of the molecule is O=C1[C@@H]2CCCC[C@H]2N[C@H]2CCCCN12. The summed E-state index contributed by atoms with van der Waals surface area (Å²) in [6.45, 7) is 0.986. The molecule has 2 aliphatic heterocycles. The van der Waals surface area contributed by atoms with Crippen molar-refractivity contribution in [2.75, 3.05) is 6.54 Å². The number of piperidine rings is 1. The maximum absolute atomic E-state index is 12.3. The van der Waals surface area contributed by atoms with Gasteiger partial charge in [-0.25, -0.2) is 0 Å². The second-order valence-electron chi connectivity index (χ2n) is 5.21. The van der Waals surface area contributed by atoms with Gasteiger partial charge in [-0.05, 0) is 32.1 Å². The molecule has 1 saturated carbocycles. The van der Waals surface area contributed by atoms with Crippen LogP contribution in [0.25, 0.3) is 0 Å². The summed E-state index contributed by atoms with van der Waals surface area (Å²) in [6.07, 6.45) is 8.86. The van der Waals surface area contributed by atoms with Gasteiger partial charge in [0.2, 0.25) is 5.91 Å². The highest BCUT2D eigenvalue weighted by molar-refractivity contribution is 5.81. The smallest absolute Gasteiger partial charge is 0.228 e. The van der Waals surface area contributed by atoms with Gasteiger partial charge in [-0.15, -0.1) is 0 Å². The minimum Gasteiger partial charge on any atom is -0.327 e. The van der Waals surface area contributed by atoms with Gasteiger partial charge in [-0.1, -0.05) is 12.8 Å². The van der Waals surface area contributed by atoms with Crippen LogP contribution < -0.4 is 5.32 Å². The quantitative estimate of drug-likeness (QED) is 0.654. The third-order valence-corrected chi connectivity index (χ3v) is 4.28. The average Bonchev–Trinajstić information content (AvgIpc) is 2.30. The molecule has 3 nitrogen and oxygen atoms in total. The van der Waals surface area contributed by atoms with Crippen LogP contribution in [0.5, 0.6) is 0 Å². The topological polar surface area (TPSA) is 32.3 Å². The lowest BCUT2D eigenvalue weighted by Gasteiger charge is -2.48. The predicted molar refractivity (Wildman–Crippen MR) is 58.2 cm³/mol. The normalized spacial score (nSPS) is 40.9. The summed E-state index contributed by atoms with van der Waals surface area (Å²) >= 11 is 0. The van der Waals surface area contributed by atoms with Crippen LogP contribution in [0, 0.1) is 5.92 Å². The van der Waals surface area contributed by atoms with Crippen molar-refractivity contribution in [2.45, 2.75) is 57.2 Å². The Morgan fingerprint density at radius 2 is 1.87 bits per heavy atom. The van der Waals surface area contributed by atoms with Crippen molar-refractivity contribution >= 4 is 5.91 Å². The molecule has 0 aromatic carbocycles. The third-order valence-electron chi connectivity index (χ3n) is 4.28. The zero-order chi connectivity index (χ0) is 10.3. The molecule has 1 N–H and O–H groups in total. The van der Waals surface area contributed by atoms with Gasteiger partial charge in [0.1, 0.15) is 0 Å². The van der Waals surface area contributed by atoms with E-state index in [4.69, 9.17) is 0 Å². The Balaban J connectivity index is 1.79. The fraction of sp³-hybridized carbons (Fsp3) is 0.917. The number of amides is 1. The number of hydrogen-bond acceptors (Lipinski definition) is 2. The van der Waals surface area contributed by atoms with Crippen LogP contribution in [0.1, 0.15) is 44.9 Å². The van der Waals surface area contributed by atoms with E-state index in [-0.39, 0.29) is 0 Å². The molecule has 0 unspecified atom stereocenters. The van der Waals surface area contributed by atoms with Gasteiger partial charge in [-0.3, -0.25) is 10.1 Å². The maximum atomic E-state index is 12.3. The zero-order valence-electron chi connectivity index (χ0n) is 9.24. The van der Waals surface area contributed by atoms with Crippen molar-refractivity contribution in [1.82, 2.24) is 10.2 Å². The fourth-order valence-corrected chi connectivity index (χ4v) is 3.45. The first-order chi connectivity index (χ1) is 7.36. The molecule has 0 radical (unpaired) electrons. The molecule has 1 aliphatic carbocycles. The van der Waals surface area contributed by atoms with Crippen molar-refractivity contribution in [2.24, 2.45) is 5.92 Å². The number of nitrogens with one attached hydrogen (secondary N) is 1. The largest absolute Gasteiger partial charge is 0.327 e. The van der Waals surface area contributed by atoms with E-state index in [1.54, 1.807) is 0 Å². The summed E-state index contributed by atoms with van der Waals surface area (Å²) in [7, 11) is 0. The minimum absolute atomic E-state index is 0.299. The number of nitrogens with zero attached hydrogens (tertiary/aromatic N) is 1. The molecular weight excluding hydrogens is 188 g/mol. The average molecular weight is 208 g/mol. The van der Waals surface area contributed by atoms with Gasteiger partial charge < -0.3 is 4.90 Å². The van der Waals surface area contributed by atoms with Crippen LogP contribution >= 0.6 is 0 Å². The molecular formula is C12H20N2O. The van der Waals surface area contributed by atoms with Gasteiger partial charge in [0.25, 0.3) is 0 Å². The number of carbonyl (C=O) groups excluding carboxylic acids is 1. The van der Waals surface area contributed by atoms with E-state index in [0.29, 0.717) is 24.0 Å². The number of fused-ring (bicyclic) bond motifs is 2. The van der Waals surface area contributed by atoms with Crippen LogP contribution in [0.15, 0.2) is 0 Å². The number of hydrogen-bond donors (Lipinski definition) is 1. The molecule has 0 aromatic heterocycles. The Morgan fingerprint density at radius 1 is 1.07 bits per heavy atom. The molecule has 15 heavy (non-hydrogen) atoms. The first-order valence-corrected chi connectivity index (χ1v) is 6.43. The van der Waals surface area contributed by atoms with Crippen LogP contribution in [-0.2, 0) is 4.79 Å². The Bertz CT molecular complexity index is 242. The molecule has 3 fully saturated rings. The van der Waals surface area contributed by atoms with E-state index in [9.17, 15) is 4.79 Å². The van der Waals surface area contributed by atoms with Crippen LogP contribution in [-0.4, -0.2) is 29.6 Å². The summed E-state index contributed by atoms with van der Waals surface area (Å²) in [5.74, 6) is 0.747. The van der Waals surface area contributed by atoms with E-state index in [1.807, 2.05) is 0 Å². The molecule has 1 amide bonds. The van der Waals surface area contributed by atoms with E-state index in [2.05, 4.69) is 10.2 Å². The van der Waals surface area contributed by atoms with Gasteiger partial charge in [0.15, 0.2) is 0 Å². The molecule has 0 spiro atoms. The molecule has 2 saturated heterocycles. The second kappa shape index (κ2) is 3.78. The third kappa shape index (κ3) is 1.57. The summed E-state index contributed by atoms with van der Waals surface area (Å²) in [5, 5.41) is 3.69. The van der Waals surface area contributed by atoms with E-state index < -0.39 is 0 Å². The monoisotopic (exact) mass is 208 g/mol. The van der Waals surface area contributed by atoms with E-state index in [0.717, 1.165) is 19.4 Å². The molecule has 3 atom stereocenters. The molecule has 3 rings (SSSR count).